The van der Waals surface area contributed by atoms with Crippen LogP contribution in [0.1, 0.15) is 150 Å². The molecule has 2 unspecified atom stereocenters. The number of rotatable bonds is 21. The van der Waals surface area contributed by atoms with E-state index in [-0.39, 0.29) is 29.6 Å². The molecule has 10 heteroatoms. The summed E-state index contributed by atoms with van der Waals surface area (Å²) in [6.07, 6.45) is 21.8. The Hall–Kier alpha value is 0.590. The fraction of sp³-hybridized carbons (Fsp3) is 0.897. The van der Waals surface area contributed by atoms with Gasteiger partial charge in [-0.3, -0.25) is 4.79 Å². The molecule has 0 radical (unpaired) electrons. The Labute approximate surface area is 285 Å². The third-order valence-electron chi connectivity index (χ3n) is 5.53. The Morgan fingerprint density at radius 1 is 0.590 bits per heavy atom. The van der Waals surface area contributed by atoms with Crippen LogP contribution in [0.15, 0.2) is 0 Å². The Bertz CT molecular complexity index is 484. The fourth-order valence-electron chi connectivity index (χ4n) is 3.07. The van der Waals surface area contributed by atoms with Gasteiger partial charge >= 0.3 is 100 Å². The molecule has 0 aliphatic carbocycles. The van der Waals surface area contributed by atoms with Gasteiger partial charge in [0.2, 0.25) is 0 Å². The number of aliphatic hydroxyl groups is 2. The molecule has 8 nitrogen and oxygen atoms in total. The minimum Gasteiger partial charge on any atom is 1.00 e. The van der Waals surface area contributed by atoms with E-state index in [1.165, 1.54) is 141 Å². The summed E-state index contributed by atoms with van der Waals surface area (Å²) in [7, 11) is 0. The topological polar surface area (TPSA) is 158 Å². The van der Waals surface area contributed by atoms with E-state index in [1.807, 2.05) is 0 Å². The first kappa shape index (κ1) is 49.3. The quantitative estimate of drug-likeness (QED) is 0.132. The maximum absolute atomic E-state index is 10.3. The third kappa shape index (κ3) is 63.2. The number of aliphatic carboxylic acids is 3. The van der Waals surface area contributed by atoms with E-state index in [0.29, 0.717) is 6.42 Å². The number of carboxylic acid groups (broad SMARTS) is 3. The number of aliphatic hydroxyl groups excluding tert-OH is 2. The predicted molar refractivity (Wildman–Crippen MR) is 151 cm³/mol. The Morgan fingerprint density at radius 3 is 1.00 bits per heavy atom. The van der Waals surface area contributed by atoms with Crippen molar-refractivity contribution in [3.05, 3.63) is 0 Å². The van der Waals surface area contributed by atoms with Gasteiger partial charge in [-0.25, -0.2) is 0 Å². The normalized spacial score (nSPS) is 11.2. The Kier molecular flexibility index (Phi) is 54.4. The van der Waals surface area contributed by atoms with Gasteiger partial charge in [-0.1, -0.05) is 96.8 Å². The summed E-state index contributed by atoms with van der Waals surface area (Å²) in [6.45, 7) is 6.78. The minimum atomic E-state index is -1.44. The summed E-state index contributed by atoms with van der Waals surface area (Å²) in [5, 5.41) is 43.1. The molecule has 0 fully saturated rings. The molecule has 0 aromatic rings. The van der Waals surface area contributed by atoms with E-state index >= 15 is 0 Å². The summed E-state index contributed by atoms with van der Waals surface area (Å²) in [4.78, 5) is 29.0. The maximum Gasteiger partial charge on any atom is 1.00 e. The van der Waals surface area contributed by atoms with E-state index in [1.54, 1.807) is 0 Å². The van der Waals surface area contributed by atoms with Crippen LogP contribution in [-0.2, 0) is 14.4 Å². The van der Waals surface area contributed by atoms with Gasteiger partial charge in [0, 0.05) is 6.42 Å². The molecule has 0 spiro atoms. The zero-order valence-corrected chi connectivity index (χ0v) is 30.1. The van der Waals surface area contributed by atoms with Crippen LogP contribution in [0, 0.1) is 0 Å². The summed E-state index contributed by atoms with van der Waals surface area (Å²) >= 11 is 1.49. The van der Waals surface area contributed by atoms with Crippen LogP contribution < -0.4 is 39.8 Å². The van der Waals surface area contributed by atoms with Crippen molar-refractivity contribution < 1.29 is 69.5 Å². The molecule has 0 rings (SSSR count). The average Bonchev–Trinajstić information content (AvgIpc) is 2.86. The van der Waals surface area contributed by atoms with E-state index in [2.05, 4.69) is 13.8 Å². The molecule has 3 N–H and O–H groups in total. The van der Waals surface area contributed by atoms with Crippen molar-refractivity contribution in [3.8, 4) is 0 Å². The van der Waals surface area contributed by atoms with E-state index in [0.717, 1.165) is 26.7 Å². The Morgan fingerprint density at radius 2 is 0.821 bits per heavy atom. The van der Waals surface area contributed by atoms with Gasteiger partial charge in [-0.15, -0.1) is 0 Å². The van der Waals surface area contributed by atoms with Gasteiger partial charge in [0.1, 0.15) is 0 Å². The number of unbranched alkanes of at least 4 members (excludes halogenated alkanes) is 16. The maximum atomic E-state index is 10.3. The number of hydrogen-bond acceptors (Lipinski definition) is 7. The van der Waals surface area contributed by atoms with Gasteiger partial charge in [0.15, 0.2) is 0 Å². The first-order valence-corrected chi connectivity index (χ1v) is 16.3. The van der Waals surface area contributed by atoms with Crippen molar-refractivity contribution in [1.29, 1.82) is 0 Å². The van der Waals surface area contributed by atoms with E-state index in [9.17, 15) is 24.6 Å². The van der Waals surface area contributed by atoms with Gasteiger partial charge in [0.05, 0.1) is 24.1 Å². The van der Waals surface area contributed by atoms with E-state index in [4.69, 9.17) is 15.3 Å². The molecule has 2 atom stereocenters. The van der Waals surface area contributed by atoms with Crippen molar-refractivity contribution in [2.75, 3.05) is 0 Å². The molecule has 0 amide bonds. The van der Waals surface area contributed by atoms with Crippen LogP contribution in [0.25, 0.3) is 0 Å². The monoisotopic (exact) mass is 596 g/mol. The number of hydrogen-bond donors (Lipinski definition) is 3. The van der Waals surface area contributed by atoms with E-state index < -0.39 is 30.1 Å². The molecule has 0 aliphatic heterocycles. The molecule has 0 aromatic heterocycles. The Balaban J connectivity index is -0.000000165. The second-order valence-corrected chi connectivity index (χ2v) is 10.7. The van der Waals surface area contributed by atoms with Crippen LogP contribution in [0.3, 0.4) is 0 Å². The largest absolute Gasteiger partial charge is 1.00 e. The van der Waals surface area contributed by atoms with Crippen molar-refractivity contribution >= 4 is 53.7 Å². The summed E-state index contributed by atoms with van der Waals surface area (Å²) in [6, 6.07) is 0. The molecular weight excluding hydrogens is 539 g/mol. The molecule has 224 valence electrons. The SMILES string of the molecule is CC(O)C(=O)[O-].CC(O)C(=O)[O-].CCCCCCCCCCCCCCCCCC(=O)O.CCCC[CH2][Ca+].[Na+]. The molecule has 0 heterocycles. The molecule has 0 saturated carbocycles. The fourth-order valence-corrected chi connectivity index (χ4v) is 3.63. The van der Waals surface area contributed by atoms with Crippen LogP contribution >= 0.6 is 0 Å². The van der Waals surface area contributed by atoms with Crippen LogP contribution in [-0.4, -0.2) is 81.2 Å². The molecule has 0 bridgehead atoms. The van der Waals surface area contributed by atoms with Crippen LogP contribution in [0.2, 0.25) is 2.52 Å². The van der Waals surface area contributed by atoms with Crippen LogP contribution in [0.5, 0.6) is 0 Å². The van der Waals surface area contributed by atoms with Crippen molar-refractivity contribution in [1.82, 2.24) is 0 Å². The van der Waals surface area contributed by atoms with Gasteiger partial charge in [-0.05, 0) is 20.3 Å². The zero-order valence-electron chi connectivity index (χ0n) is 25.9. The first-order chi connectivity index (χ1) is 18.0. The molecule has 0 aliphatic rings. The summed E-state index contributed by atoms with van der Waals surface area (Å²) in [5.41, 5.74) is 0. The number of carboxylic acids is 3. The third-order valence-corrected chi connectivity index (χ3v) is 6.31. The zero-order chi connectivity index (χ0) is 30.0. The number of carbonyl (C=O) groups excluding carboxylic acids is 2. The van der Waals surface area contributed by atoms with Crippen molar-refractivity contribution in [2.24, 2.45) is 0 Å². The predicted octanol–water partition coefficient (Wildman–Crippen LogP) is 1.33. The molecular formula is C29H57CaNaO8. The summed E-state index contributed by atoms with van der Waals surface area (Å²) < 4.78 is 1.48. The minimum absolute atomic E-state index is 0. The van der Waals surface area contributed by atoms with Gasteiger partial charge in [0.25, 0.3) is 0 Å². The first-order valence-electron chi connectivity index (χ1n) is 14.8. The molecule has 39 heavy (non-hydrogen) atoms. The molecule has 0 saturated heterocycles. The second-order valence-electron chi connectivity index (χ2n) is 9.64. The molecule has 0 aromatic carbocycles. The van der Waals surface area contributed by atoms with Crippen molar-refractivity contribution in [3.63, 3.8) is 0 Å². The smallest absolute Gasteiger partial charge is 1.00 e. The van der Waals surface area contributed by atoms with Gasteiger partial charge < -0.3 is 35.1 Å². The average molecular weight is 597 g/mol. The second kappa shape index (κ2) is 43.0. The van der Waals surface area contributed by atoms with Gasteiger partial charge in [-0.2, -0.15) is 0 Å². The van der Waals surface area contributed by atoms with Crippen LogP contribution in [0.4, 0.5) is 0 Å². The number of carbonyl (C=O) groups is 3. The standard InChI is InChI=1S/C18H36O2.C5H11.2C3H6O3.Ca.Na/c1-2-3-4-5-6-7-8-9-10-11-12-13-14-15-16-17-18(19)20;1-3-5-4-2;2*1-2(4)3(5)6;;/h2-17H2,1H3,(H,19,20);1,3-5H2,2H3;2*2,4H,1H3,(H,5,6);;/q;;;;2*+1/p-2. The van der Waals surface area contributed by atoms with Crippen molar-refractivity contribution in [2.45, 2.75) is 164 Å². The summed E-state index contributed by atoms with van der Waals surface area (Å²) in [5.74, 6) is -3.52.